The summed E-state index contributed by atoms with van der Waals surface area (Å²) in [7, 11) is 3.00. The molecule has 0 bridgehead atoms. The van der Waals surface area contributed by atoms with Gasteiger partial charge in [-0.05, 0) is 59.4 Å². The molecule has 0 amide bonds. The molecule has 2 heterocycles. The Balaban J connectivity index is 1.48. The Morgan fingerprint density at radius 3 is 1.41 bits per heavy atom. The molecular formula is C42H50N4O10. The van der Waals surface area contributed by atoms with Crippen molar-refractivity contribution in [1.82, 2.24) is 20.6 Å². The van der Waals surface area contributed by atoms with Gasteiger partial charge in [-0.1, -0.05) is 61.7 Å². The Bertz CT molecular complexity index is 1880. The van der Waals surface area contributed by atoms with E-state index in [4.69, 9.17) is 29.2 Å². The van der Waals surface area contributed by atoms with Crippen LogP contribution in [0.3, 0.4) is 0 Å². The predicted octanol–water partition coefficient (Wildman–Crippen LogP) is 5.07. The van der Waals surface area contributed by atoms with Crippen LogP contribution in [0.15, 0.2) is 61.7 Å². The van der Waals surface area contributed by atoms with Gasteiger partial charge in [-0.15, -0.1) is 0 Å². The Kier molecular flexibility index (Phi) is 15.9. The van der Waals surface area contributed by atoms with Crippen LogP contribution in [0.1, 0.15) is 57.3 Å². The van der Waals surface area contributed by atoms with Crippen molar-refractivity contribution in [3.05, 3.63) is 106 Å². The first-order valence-corrected chi connectivity index (χ1v) is 17.9. The number of carboxylic acids is 2. The molecule has 2 aromatic carbocycles. The number of nitrogens with zero attached hydrogens (tertiary/aromatic N) is 2. The average molecular weight is 771 g/mol. The minimum Gasteiger partial charge on any atom is -0.481 e. The van der Waals surface area contributed by atoms with Crippen LogP contribution in [0.2, 0.25) is 0 Å². The van der Waals surface area contributed by atoms with E-state index in [1.165, 1.54) is 14.2 Å². The summed E-state index contributed by atoms with van der Waals surface area (Å²) in [6, 6.07) is 15.8. The third-order valence-electron chi connectivity index (χ3n) is 9.06. The van der Waals surface area contributed by atoms with E-state index in [1.54, 1.807) is 12.2 Å². The number of methoxy groups -OCH3 is 2. The van der Waals surface area contributed by atoms with Gasteiger partial charge in [0.05, 0.1) is 39.3 Å². The van der Waals surface area contributed by atoms with Crippen molar-refractivity contribution in [2.75, 3.05) is 27.3 Å². The quantitative estimate of drug-likeness (QED) is 0.0584. The molecular weight excluding hydrogens is 720 g/mol. The Hall–Kier alpha value is -5.80. The highest BCUT2D eigenvalue weighted by Gasteiger charge is 2.18. The maximum absolute atomic E-state index is 10.9. The van der Waals surface area contributed by atoms with Crippen LogP contribution in [0.5, 0.6) is 23.5 Å². The molecule has 0 spiro atoms. The van der Waals surface area contributed by atoms with E-state index in [-0.39, 0.29) is 52.2 Å². The van der Waals surface area contributed by atoms with E-state index >= 15 is 0 Å². The first-order valence-electron chi connectivity index (χ1n) is 17.9. The molecule has 0 aliphatic heterocycles. The van der Waals surface area contributed by atoms with Crippen LogP contribution in [0.25, 0.3) is 23.3 Å². The molecule has 4 rings (SSSR count). The van der Waals surface area contributed by atoms with Crippen molar-refractivity contribution in [3.8, 4) is 34.6 Å². The van der Waals surface area contributed by atoms with Crippen LogP contribution < -0.4 is 29.6 Å². The predicted molar refractivity (Wildman–Crippen MR) is 212 cm³/mol. The lowest BCUT2D eigenvalue weighted by Gasteiger charge is -2.18. The second-order valence-electron chi connectivity index (χ2n) is 13.0. The lowest BCUT2D eigenvalue weighted by Crippen LogP contribution is -2.28. The van der Waals surface area contributed by atoms with Gasteiger partial charge in [0.25, 0.3) is 0 Å². The summed E-state index contributed by atoms with van der Waals surface area (Å²) < 4.78 is 23.5. The van der Waals surface area contributed by atoms with Gasteiger partial charge in [-0.3, -0.25) is 9.59 Å². The number of aliphatic carboxylic acids is 2. The van der Waals surface area contributed by atoms with Gasteiger partial charge in [0.15, 0.2) is 0 Å². The number of rotatable bonds is 23. The zero-order valence-electron chi connectivity index (χ0n) is 32.1. The summed E-state index contributed by atoms with van der Waals surface area (Å²) in [5, 5.41) is 43.6. The van der Waals surface area contributed by atoms with Crippen LogP contribution >= 0.6 is 0 Å². The second-order valence-corrected chi connectivity index (χ2v) is 13.0. The number of pyridine rings is 2. The summed E-state index contributed by atoms with van der Waals surface area (Å²) in [5.74, 6) is -0.804. The van der Waals surface area contributed by atoms with Crippen molar-refractivity contribution in [2.45, 2.75) is 65.2 Å². The molecule has 298 valence electrons. The fraction of sp³-hybridized carbons (Fsp3) is 0.333. The number of nitrogens with one attached hydrogen (secondary N) is 2. The molecule has 0 aliphatic rings. The second kappa shape index (κ2) is 20.8. The molecule has 2 aromatic heterocycles. The third-order valence-corrected chi connectivity index (χ3v) is 9.06. The molecule has 2 unspecified atom stereocenters. The Morgan fingerprint density at radius 2 is 1.07 bits per heavy atom. The summed E-state index contributed by atoms with van der Waals surface area (Å²) in [5.41, 5.74) is 8.72. The van der Waals surface area contributed by atoms with E-state index in [0.717, 1.165) is 33.4 Å². The Morgan fingerprint density at radius 1 is 0.679 bits per heavy atom. The number of hydrogen-bond donors (Lipinski definition) is 6. The molecule has 0 saturated carbocycles. The summed E-state index contributed by atoms with van der Waals surface area (Å²) in [6.45, 7) is 13.1. The molecule has 0 saturated heterocycles. The molecule has 14 nitrogen and oxygen atoms in total. The number of ether oxygens (including phenoxy) is 4. The smallest absolute Gasteiger partial charge is 0.306 e. The van der Waals surface area contributed by atoms with Crippen molar-refractivity contribution >= 4 is 24.1 Å². The maximum atomic E-state index is 10.9. The molecule has 0 fully saturated rings. The normalized spacial score (nSPS) is 12.0. The van der Waals surface area contributed by atoms with E-state index in [9.17, 15) is 19.8 Å². The Labute approximate surface area is 326 Å². The summed E-state index contributed by atoms with van der Waals surface area (Å²) >= 11 is 0. The van der Waals surface area contributed by atoms with E-state index in [2.05, 4.69) is 45.9 Å². The number of benzene rings is 2. The molecule has 4 aromatic rings. The number of hydrogen-bond acceptors (Lipinski definition) is 12. The summed E-state index contributed by atoms with van der Waals surface area (Å²) in [4.78, 5) is 30.9. The fourth-order valence-corrected chi connectivity index (χ4v) is 6.06. The monoisotopic (exact) mass is 770 g/mol. The minimum absolute atomic E-state index is 0.0885. The van der Waals surface area contributed by atoms with Crippen molar-refractivity contribution in [3.63, 3.8) is 0 Å². The number of carboxylic acid groups (broad SMARTS) is 2. The van der Waals surface area contributed by atoms with Crippen molar-refractivity contribution in [2.24, 2.45) is 0 Å². The van der Waals surface area contributed by atoms with Crippen molar-refractivity contribution in [1.29, 1.82) is 0 Å². The minimum atomic E-state index is -1.08. The van der Waals surface area contributed by atoms with Gasteiger partial charge < -0.3 is 50.0 Å². The largest absolute Gasteiger partial charge is 0.481 e. The van der Waals surface area contributed by atoms with E-state index < -0.39 is 24.1 Å². The summed E-state index contributed by atoms with van der Waals surface area (Å²) in [6.07, 6.45) is 0.504. The number of aliphatic hydroxyl groups excluding tert-OH is 2. The number of carbonyl (C=O) groups is 2. The molecule has 14 heteroatoms. The average Bonchev–Trinajstić information content (AvgIpc) is 3.16. The van der Waals surface area contributed by atoms with Gasteiger partial charge >= 0.3 is 11.9 Å². The molecule has 0 radical (unpaired) electrons. The number of aliphatic hydroxyl groups is 2. The molecule has 2 atom stereocenters. The lowest BCUT2D eigenvalue weighted by atomic mass is 9.92. The van der Waals surface area contributed by atoms with Gasteiger partial charge in [-0.25, -0.2) is 0 Å². The highest BCUT2D eigenvalue weighted by Crippen LogP contribution is 2.33. The van der Waals surface area contributed by atoms with Crippen LogP contribution in [0.4, 0.5) is 0 Å². The third kappa shape index (κ3) is 11.6. The highest BCUT2D eigenvalue weighted by molar-refractivity contribution is 5.73. The van der Waals surface area contributed by atoms with Gasteiger partial charge in [0.1, 0.15) is 13.2 Å². The fourth-order valence-electron chi connectivity index (χ4n) is 6.06. The van der Waals surface area contributed by atoms with E-state index in [0.29, 0.717) is 45.8 Å². The van der Waals surface area contributed by atoms with Crippen LogP contribution in [0, 0.1) is 13.8 Å². The zero-order valence-corrected chi connectivity index (χ0v) is 32.1. The lowest BCUT2D eigenvalue weighted by molar-refractivity contribution is -0.140. The first-order chi connectivity index (χ1) is 26.9. The van der Waals surface area contributed by atoms with Crippen LogP contribution in [-0.2, 0) is 35.9 Å². The SMILES string of the molecule is C=Cc1cc(CNCC(O)CC(=O)O)c(OC)nc1OCc1cccc(-c2cccc(COc3nc(OC)c(CNCC(O)CC(=O)O)cc3C=C)c2C)c1C. The maximum Gasteiger partial charge on any atom is 0.306 e. The molecule has 0 aliphatic carbocycles. The van der Waals surface area contributed by atoms with Gasteiger partial charge in [-0.2, -0.15) is 9.97 Å². The standard InChI is InChI=1S/C42H50N4O10/c1-7-27-15-31(19-43-21-33(47)17-37(49)50)39(53-5)45-41(27)55-23-29-11-9-13-35(25(29)3)36-14-10-12-30(26(36)4)24-56-42-28(8-2)16-32(40(46-42)54-6)20-44-22-34(48)18-38(51)52/h7-16,33-34,43-44,47-48H,1-2,17-24H2,3-6H3,(H,49,50)(H,51,52). The topological polar surface area (TPSA) is 202 Å². The van der Waals surface area contributed by atoms with Gasteiger partial charge in [0.2, 0.25) is 23.5 Å². The first kappa shape index (κ1) is 42.9. The van der Waals surface area contributed by atoms with E-state index in [1.807, 2.05) is 50.2 Å². The molecule has 6 N–H and O–H groups in total. The zero-order chi connectivity index (χ0) is 40.8. The van der Waals surface area contributed by atoms with Gasteiger partial charge in [0, 0.05) is 48.4 Å². The number of aromatic nitrogens is 2. The van der Waals surface area contributed by atoms with Crippen molar-refractivity contribution < 1.29 is 49.0 Å². The van der Waals surface area contributed by atoms with Crippen LogP contribution in [-0.4, -0.2) is 81.8 Å². The highest BCUT2D eigenvalue weighted by atomic mass is 16.5. The molecule has 56 heavy (non-hydrogen) atoms.